The Hall–Kier alpha value is -3.34. The van der Waals surface area contributed by atoms with Crippen molar-refractivity contribution in [1.29, 1.82) is 5.26 Å². The highest BCUT2D eigenvalue weighted by Crippen LogP contribution is 2.37. The molecule has 0 bridgehead atoms. The van der Waals surface area contributed by atoms with Crippen molar-refractivity contribution in [3.05, 3.63) is 59.7 Å². The summed E-state index contributed by atoms with van der Waals surface area (Å²) < 4.78 is 41.2. The molecule has 0 spiro atoms. The maximum absolute atomic E-state index is 12.4. The zero-order valence-corrected chi connectivity index (χ0v) is 13.2. The van der Waals surface area contributed by atoms with Crippen LogP contribution in [0.4, 0.5) is 18.9 Å². The molecule has 26 heavy (non-hydrogen) atoms. The standard InChI is InChI=1S/C18H11F3N2O3/c19-18(20,21)26-14-3-1-2-12(8-14)15-9-16(24)17(25)23(15)13-6-4-11(10-22)5-7-13/h1-8,15H,9H2. The summed E-state index contributed by atoms with van der Waals surface area (Å²) in [6, 6.07) is 12.4. The number of ketones is 1. The molecule has 1 atom stereocenters. The van der Waals surface area contributed by atoms with E-state index in [9.17, 15) is 22.8 Å². The van der Waals surface area contributed by atoms with E-state index in [-0.39, 0.29) is 6.42 Å². The van der Waals surface area contributed by atoms with E-state index in [1.807, 2.05) is 6.07 Å². The third-order valence-electron chi connectivity index (χ3n) is 3.90. The molecule has 5 nitrogen and oxygen atoms in total. The SMILES string of the molecule is N#Cc1ccc(N2C(=O)C(=O)CC2c2cccc(OC(F)(F)F)c2)cc1. The smallest absolute Gasteiger partial charge is 0.406 e. The highest BCUT2D eigenvalue weighted by atomic mass is 19.4. The van der Waals surface area contributed by atoms with Crippen molar-refractivity contribution in [1.82, 2.24) is 0 Å². The first-order valence-electron chi connectivity index (χ1n) is 7.51. The number of carbonyl (C=O) groups excluding carboxylic acids is 2. The number of benzene rings is 2. The van der Waals surface area contributed by atoms with Gasteiger partial charge in [-0.3, -0.25) is 14.5 Å². The average Bonchev–Trinajstić information content (AvgIpc) is 2.89. The molecule has 2 aromatic rings. The van der Waals surface area contributed by atoms with E-state index in [4.69, 9.17) is 5.26 Å². The van der Waals surface area contributed by atoms with Crippen molar-refractivity contribution in [2.24, 2.45) is 0 Å². The molecule has 1 aliphatic heterocycles. The fourth-order valence-electron chi connectivity index (χ4n) is 2.81. The lowest BCUT2D eigenvalue weighted by molar-refractivity contribution is -0.274. The number of anilines is 1. The van der Waals surface area contributed by atoms with Crippen LogP contribution < -0.4 is 9.64 Å². The second-order valence-corrected chi connectivity index (χ2v) is 5.60. The predicted octanol–water partition coefficient (Wildman–Crippen LogP) is 3.50. The number of hydrogen-bond donors (Lipinski definition) is 0. The molecular weight excluding hydrogens is 349 g/mol. The van der Waals surface area contributed by atoms with Gasteiger partial charge in [0, 0.05) is 12.1 Å². The molecule has 8 heteroatoms. The number of carbonyl (C=O) groups is 2. The largest absolute Gasteiger partial charge is 0.573 e. The van der Waals surface area contributed by atoms with E-state index in [0.717, 1.165) is 12.1 Å². The highest BCUT2D eigenvalue weighted by Gasteiger charge is 2.40. The van der Waals surface area contributed by atoms with Gasteiger partial charge in [-0.25, -0.2) is 0 Å². The topological polar surface area (TPSA) is 70.4 Å². The Balaban J connectivity index is 1.97. The number of amides is 1. The molecule has 3 rings (SSSR count). The van der Waals surface area contributed by atoms with Gasteiger partial charge in [0.15, 0.2) is 0 Å². The molecule has 0 radical (unpaired) electrons. The second-order valence-electron chi connectivity index (χ2n) is 5.60. The van der Waals surface area contributed by atoms with E-state index < -0.39 is 29.8 Å². The van der Waals surface area contributed by atoms with Crippen LogP contribution in [-0.2, 0) is 9.59 Å². The monoisotopic (exact) mass is 360 g/mol. The molecule has 1 heterocycles. The summed E-state index contributed by atoms with van der Waals surface area (Å²) in [5.74, 6) is -1.81. The first kappa shape index (κ1) is 17.5. The summed E-state index contributed by atoms with van der Waals surface area (Å²) >= 11 is 0. The Labute approximate surface area is 146 Å². The lowest BCUT2D eigenvalue weighted by Gasteiger charge is -2.24. The van der Waals surface area contributed by atoms with Crippen molar-refractivity contribution in [3.63, 3.8) is 0 Å². The molecule has 0 saturated carbocycles. The van der Waals surface area contributed by atoms with Gasteiger partial charge >= 0.3 is 6.36 Å². The minimum absolute atomic E-state index is 0.158. The number of rotatable bonds is 3. The number of hydrogen-bond acceptors (Lipinski definition) is 4. The Bertz CT molecular complexity index is 901. The summed E-state index contributed by atoms with van der Waals surface area (Å²) in [5.41, 5.74) is 1.10. The van der Waals surface area contributed by atoms with Crippen LogP contribution in [0, 0.1) is 11.3 Å². The van der Waals surface area contributed by atoms with Gasteiger partial charge in [-0.05, 0) is 42.0 Å². The third-order valence-corrected chi connectivity index (χ3v) is 3.90. The predicted molar refractivity (Wildman–Crippen MR) is 84.1 cm³/mol. The zero-order valence-electron chi connectivity index (χ0n) is 13.2. The highest BCUT2D eigenvalue weighted by molar-refractivity contribution is 6.44. The molecule has 1 aliphatic rings. The van der Waals surface area contributed by atoms with Gasteiger partial charge in [0.25, 0.3) is 5.91 Å². The number of ether oxygens (including phenoxy) is 1. The Morgan fingerprint density at radius 3 is 2.42 bits per heavy atom. The van der Waals surface area contributed by atoms with E-state index in [1.54, 1.807) is 0 Å². The quantitative estimate of drug-likeness (QED) is 0.786. The van der Waals surface area contributed by atoms with Crippen LogP contribution in [0.25, 0.3) is 0 Å². The molecule has 0 N–H and O–H groups in total. The maximum atomic E-state index is 12.4. The average molecular weight is 360 g/mol. The minimum atomic E-state index is -4.84. The van der Waals surface area contributed by atoms with Crippen LogP contribution in [0.5, 0.6) is 5.75 Å². The fraction of sp³-hybridized carbons (Fsp3) is 0.167. The van der Waals surface area contributed by atoms with Crippen LogP contribution in [0.3, 0.4) is 0 Å². The molecule has 1 saturated heterocycles. The number of nitriles is 1. The molecule has 0 aliphatic carbocycles. The van der Waals surface area contributed by atoms with Crippen LogP contribution in [0.15, 0.2) is 48.5 Å². The Kier molecular flexibility index (Phi) is 4.38. The Morgan fingerprint density at radius 2 is 1.81 bits per heavy atom. The van der Waals surface area contributed by atoms with Crippen LogP contribution in [-0.4, -0.2) is 18.1 Å². The van der Waals surface area contributed by atoms with Gasteiger partial charge in [0.05, 0.1) is 17.7 Å². The van der Waals surface area contributed by atoms with Crippen molar-refractivity contribution in [2.75, 3.05) is 4.90 Å². The van der Waals surface area contributed by atoms with Crippen molar-refractivity contribution in [3.8, 4) is 11.8 Å². The van der Waals surface area contributed by atoms with Crippen molar-refractivity contribution < 1.29 is 27.5 Å². The van der Waals surface area contributed by atoms with Gasteiger partial charge in [-0.1, -0.05) is 12.1 Å². The second kappa shape index (κ2) is 6.52. The molecule has 132 valence electrons. The fourth-order valence-corrected chi connectivity index (χ4v) is 2.81. The zero-order chi connectivity index (χ0) is 18.9. The lowest BCUT2D eigenvalue weighted by Crippen LogP contribution is -2.29. The summed E-state index contributed by atoms with van der Waals surface area (Å²) in [5, 5.41) is 8.85. The third kappa shape index (κ3) is 3.52. The van der Waals surface area contributed by atoms with Gasteiger partial charge in [0.2, 0.25) is 5.78 Å². The van der Waals surface area contributed by atoms with Gasteiger partial charge < -0.3 is 4.74 Å². The maximum Gasteiger partial charge on any atom is 0.573 e. The van der Waals surface area contributed by atoms with Crippen LogP contribution >= 0.6 is 0 Å². The van der Waals surface area contributed by atoms with Crippen molar-refractivity contribution >= 4 is 17.4 Å². The summed E-state index contributed by atoms with van der Waals surface area (Å²) in [6.45, 7) is 0. The van der Waals surface area contributed by atoms with E-state index in [1.165, 1.54) is 41.3 Å². The van der Waals surface area contributed by atoms with Crippen LogP contribution in [0.2, 0.25) is 0 Å². The molecular formula is C18H11F3N2O3. The molecule has 1 unspecified atom stereocenters. The molecule has 0 aromatic heterocycles. The van der Waals surface area contributed by atoms with Gasteiger partial charge in [0.1, 0.15) is 5.75 Å². The van der Waals surface area contributed by atoms with E-state index in [2.05, 4.69) is 4.74 Å². The molecule has 1 fully saturated rings. The normalized spacial score (nSPS) is 17.3. The summed E-state index contributed by atoms with van der Waals surface area (Å²) in [7, 11) is 0. The minimum Gasteiger partial charge on any atom is -0.406 e. The summed E-state index contributed by atoms with van der Waals surface area (Å²) in [6.07, 6.45) is -5.00. The lowest BCUT2D eigenvalue weighted by atomic mass is 10.0. The molecule has 1 amide bonds. The van der Waals surface area contributed by atoms with Crippen molar-refractivity contribution in [2.45, 2.75) is 18.8 Å². The first-order valence-corrected chi connectivity index (χ1v) is 7.51. The van der Waals surface area contributed by atoms with E-state index in [0.29, 0.717) is 16.8 Å². The van der Waals surface area contributed by atoms with Gasteiger partial charge in [-0.15, -0.1) is 13.2 Å². The summed E-state index contributed by atoms with van der Waals surface area (Å²) in [4.78, 5) is 25.4. The molecule has 2 aromatic carbocycles. The number of halogens is 3. The first-order chi connectivity index (χ1) is 12.3. The van der Waals surface area contributed by atoms with Crippen LogP contribution in [0.1, 0.15) is 23.6 Å². The Morgan fingerprint density at radius 1 is 1.12 bits per heavy atom. The van der Waals surface area contributed by atoms with Gasteiger partial charge in [-0.2, -0.15) is 5.26 Å². The number of alkyl halides is 3. The van der Waals surface area contributed by atoms with E-state index >= 15 is 0 Å². The number of Topliss-reactive ketones (excluding diaryl/α,β-unsaturated/α-hetero) is 1. The number of nitrogens with zero attached hydrogens (tertiary/aromatic N) is 2.